The molecule has 1 aromatic rings. The van der Waals surface area contributed by atoms with Gasteiger partial charge >= 0.3 is 0 Å². The summed E-state index contributed by atoms with van der Waals surface area (Å²) in [7, 11) is 1.77. The van der Waals surface area contributed by atoms with Gasteiger partial charge in [-0.1, -0.05) is 18.1 Å². The fraction of sp³-hybridized carbons (Fsp3) is 0.700. The predicted octanol–water partition coefficient (Wildman–Crippen LogP) is 0.831. The predicted molar refractivity (Wildman–Crippen MR) is 55.4 cm³/mol. The lowest BCUT2D eigenvalue weighted by Gasteiger charge is -2.18. The summed E-state index contributed by atoms with van der Waals surface area (Å²) in [6, 6.07) is 0. The summed E-state index contributed by atoms with van der Waals surface area (Å²) < 4.78 is 1.56. The van der Waals surface area contributed by atoms with Crippen LogP contribution in [-0.4, -0.2) is 38.9 Å². The van der Waals surface area contributed by atoms with E-state index in [1.807, 2.05) is 4.90 Å². The number of carbonyl (C=O) groups is 1. The van der Waals surface area contributed by atoms with Gasteiger partial charge in [-0.25, -0.2) is 0 Å². The van der Waals surface area contributed by atoms with Crippen LogP contribution in [-0.2, 0) is 7.05 Å². The summed E-state index contributed by atoms with van der Waals surface area (Å²) in [6.45, 7) is 1.71. The Morgan fingerprint density at radius 3 is 2.47 bits per heavy atom. The largest absolute Gasteiger partial charge is 0.337 e. The minimum atomic E-state index is 0.0185. The number of rotatable bonds is 1. The second kappa shape index (κ2) is 4.42. The maximum Gasteiger partial charge on any atom is 0.276 e. The van der Waals surface area contributed by atoms with Gasteiger partial charge in [0, 0.05) is 20.1 Å². The summed E-state index contributed by atoms with van der Waals surface area (Å²) in [5.74, 6) is 0.0185. The van der Waals surface area contributed by atoms with Crippen LogP contribution in [0.4, 0.5) is 0 Å². The van der Waals surface area contributed by atoms with E-state index in [4.69, 9.17) is 0 Å². The number of aromatic nitrogens is 3. The Morgan fingerprint density at radius 2 is 1.93 bits per heavy atom. The number of amides is 1. The molecule has 2 rings (SSSR count). The SMILES string of the molecule is Cn1cc(C(=O)N2CCCCCC2)nn1. The van der Waals surface area contributed by atoms with E-state index < -0.39 is 0 Å². The van der Waals surface area contributed by atoms with Crippen molar-refractivity contribution in [2.45, 2.75) is 25.7 Å². The Labute approximate surface area is 89.1 Å². The van der Waals surface area contributed by atoms with Gasteiger partial charge in [0.05, 0.1) is 6.20 Å². The number of aryl methyl sites for hydroxylation is 1. The first-order valence-corrected chi connectivity index (χ1v) is 5.43. The van der Waals surface area contributed by atoms with E-state index in [0.717, 1.165) is 25.9 Å². The van der Waals surface area contributed by atoms with Crippen LogP contribution < -0.4 is 0 Å². The second-order valence-electron chi connectivity index (χ2n) is 3.98. The molecule has 5 heteroatoms. The highest BCUT2D eigenvalue weighted by Gasteiger charge is 2.19. The van der Waals surface area contributed by atoms with Crippen molar-refractivity contribution < 1.29 is 4.79 Å². The van der Waals surface area contributed by atoms with Gasteiger partial charge in [-0.2, -0.15) is 0 Å². The van der Waals surface area contributed by atoms with Crippen molar-refractivity contribution in [2.75, 3.05) is 13.1 Å². The fourth-order valence-corrected chi connectivity index (χ4v) is 1.88. The first-order chi connectivity index (χ1) is 7.27. The molecule has 0 radical (unpaired) electrons. The van der Waals surface area contributed by atoms with Crippen LogP contribution >= 0.6 is 0 Å². The van der Waals surface area contributed by atoms with Crippen LogP contribution in [0.2, 0.25) is 0 Å². The van der Waals surface area contributed by atoms with E-state index in [0.29, 0.717) is 5.69 Å². The molecular formula is C10H16N4O. The molecule has 1 saturated heterocycles. The molecule has 0 spiro atoms. The number of nitrogens with zero attached hydrogens (tertiary/aromatic N) is 4. The maximum atomic E-state index is 12.0. The fourth-order valence-electron chi connectivity index (χ4n) is 1.88. The molecule has 15 heavy (non-hydrogen) atoms. The molecule has 0 atom stereocenters. The second-order valence-corrected chi connectivity index (χ2v) is 3.98. The normalized spacial score (nSPS) is 17.5. The van der Waals surface area contributed by atoms with Gasteiger partial charge in [0.2, 0.25) is 0 Å². The average molecular weight is 208 g/mol. The molecule has 1 aliphatic rings. The molecule has 82 valence electrons. The van der Waals surface area contributed by atoms with Crippen molar-refractivity contribution in [3.63, 3.8) is 0 Å². The molecule has 1 amide bonds. The van der Waals surface area contributed by atoms with E-state index >= 15 is 0 Å². The van der Waals surface area contributed by atoms with Gasteiger partial charge in [-0.05, 0) is 12.8 Å². The molecule has 0 aromatic carbocycles. The summed E-state index contributed by atoms with van der Waals surface area (Å²) in [5, 5.41) is 7.62. The van der Waals surface area contributed by atoms with E-state index in [1.54, 1.807) is 17.9 Å². The highest BCUT2D eigenvalue weighted by Crippen LogP contribution is 2.11. The van der Waals surface area contributed by atoms with E-state index in [2.05, 4.69) is 10.3 Å². The third kappa shape index (κ3) is 2.34. The van der Waals surface area contributed by atoms with Gasteiger partial charge in [0.15, 0.2) is 5.69 Å². The first kappa shape index (κ1) is 10.1. The summed E-state index contributed by atoms with van der Waals surface area (Å²) >= 11 is 0. The van der Waals surface area contributed by atoms with Gasteiger partial charge in [-0.3, -0.25) is 9.48 Å². The third-order valence-corrected chi connectivity index (χ3v) is 2.72. The number of carbonyl (C=O) groups excluding carboxylic acids is 1. The van der Waals surface area contributed by atoms with Crippen LogP contribution in [0.5, 0.6) is 0 Å². The molecule has 1 aliphatic heterocycles. The van der Waals surface area contributed by atoms with Crippen molar-refractivity contribution in [1.29, 1.82) is 0 Å². The summed E-state index contributed by atoms with van der Waals surface area (Å²) in [4.78, 5) is 13.9. The smallest absolute Gasteiger partial charge is 0.276 e. The zero-order chi connectivity index (χ0) is 10.7. The summed E-state index contributed by atoms with van der Waals surface area (Å²) in [5.41, 5.74) is 0.458. The molecule has 5 nitrogen and oxygen atoms in total. The lowest BCUT2D eigenvalue weighted by molar-refractivity contribution is 0.0755. The van der Waals surface area contributed by atoms with Crippen molar-refractivity contribution in [3.8, 4) is 0 Å². The van der Waals surface area contributed by atoms with Crippen molar-refractivity contribution in [2.24, 2.45) is 7.05 Å². The molecule has 0 unspecified atom stereocenters. The Bertz CT molecular complexity index is 339. The minimum Gasteiger partial charge on any atom is -0.337 e. The zero-order valence-electron chi connectivity index (χ0n) is 9.02. The van der Waals surface area contributed by atoms with E-state index in [9.17, 15) is 4.79 Å². The quantitative estimate of drug-likeness (QED) is 0.687. The minimum absolute atomic E-state index is 0.0185. The van der Waals surface area contributed by atoms with Crippen molar-refractivity contribution >= 4 is 5.91 Å². The Balaban J connectivity index is 2.06. The highest BCUT2D eigenvalue weighted by molar-refractivity contribution is 5.91. The van der Waals surface area contributed by atoms with Gasteiger partial charge in [0.25, 0.3) is 5.91 Å². The Morgan fingerprint density at radius 1 is 1.27 bits per heavy atom. The van der Waals surface area contributed by atoms with Gasteiger partial charge in [-0.15, -0.1) is 5.10 Å². The van der Waals surface area contributed by atoms with Crippen LogP contribution in [0, 0.1) is 0 Å². The third-order valence-electron chi connectivity index (χ3n) is 2.72. The van der Waals surface area contributed by atoms with Crippen LogP contribution in [0.25, 0.3) is 0 Å². The average Bonchev–Trinajstić information content (AvgIpc) is 2.53. The Hall–Kier alpha value is -1.39. The lowest BCUT2D eigenvalue weighted by Crippen LogP contribution is -2.32. The molecular weight excluding hydrogens is 192 g/mol. The van der Waals surface area contributed by atoms with Crippen LogP contribution in [0.15, 0.2) is 6.20 Å². The molecule has 0 bridgehead atoms. The highest BCUT2D eigenvalue weighted by atomic mass is 16.2. The summed E-state index contributed by atoms with van der Waals surface area (Å²) in [6.07, 6.45) is 6.33. The monoisotopic (exact) mass is 208 g/mol. The van der Waals surface area contributed by atoms with E-state index in [-0.39, 0.29) is 5.91 Å². The zero-order valence-corrected chi connectivity index (χ0v) is 9.02. The maximum absolute atomic E-state index is 12.0. The molecule has 0 aliphatic carbocycles. The Kier molecular flexibility index (Phi) is 2.99. The van der Waals surface area contributed by atoms with Gasteiger partial charge in [0.1, 0.15) is 0 Å². The number of likely N-dealkylation sites (tertiary alicyclic amines) is 1. The van der Waals surface area contributed by atoms with Crippen molar-refractivity contribution in [1.82, 2.24) is 19.9 Å². The molecule has 0 saturated carbocycles. The molecule has 1 aromatic heterocycles. The molecule has 0 N–H and O–H groups in total. The van der Waals surface area contributed by atoms with E-state index in [1.165, 1.54) is 12.8 Å². The van der Waals surface area contributed by atoms with Crippen LogP contribution in [0.3, 0.4) is 0 Å². The topological polar surface area (TPSA) is 51.0 Å². The van der Waals surface area contributed by atoms with Crippen LogP contribution in [0.1, 0.15) is 36.2 Å². The lowest BCUT2D eigenvalue weighted by atomic mass is 10.2. The number of hydrogen-bond donors (Lipinski definition) is 0. The van der Waals surface area contributed by atoms with Gasteiger partial charge < -0.3 is 4.90 Å². The van der Waals surface area contributed by atoms with Crippen molar-refractivity contribution in [3.05, 3.63) is 11.9 Å². The number of hydrogen-bond acceptors (Lipinski definition) is 3. The standard InChI is InChI=1S/C10H16N4O/c1-13-8-9(11-12-13)10(15)14-6-4-2-3-5-7-14/h8H,2-7H2,1H3. The molecule has 2 heterocycles. The molecule has 1 fully saturated rings. The first-order valence-electron chi connectivity index (χ1n) is 5.43.